The average Bonchev–Trinajstić information content (AvgIpc) is 2.34. The van der Waals surface area contributed by atoms with Crippen LogP contribution in [0.15, 0.2) is 0 Å². The van der Waals surface area contributed by atoms with E-state index in [2.05, 4.69) is 18.7 Å². The summed E-state index contributed by atoms with van der Waals surface area (Å²) in [6, 6.07) is 0. The van der Waals surface area contributed by atoms with Gasteiger partial charge in [0.25, 0.3) is 0 Å². The molecule has 0 amide bonds. The van der Waals surface area contributed by atoms with Crippen LogP contribution in [0.25, 0.3) is 0 Å². The Bertz CT molecular complexity index is 230. The van der Waals surface area contributed by atoms with E-state index in [1.165, 1.54) is 25.7 Å². The molecular weight excluding hydrogens is 214 g/mol. The SMILES string of the molecule is CCCCC(CC)CN1CCCC(C(=O)O)C1. The number of likely N-dealkylation sites (tertiary alicyclic amines) is 1. The number of carboxylic acids is 1. The molecule has 1 rings (SSSR count). The first kappa shape index (κ1) is 14.5. The summed E-state index contributed by atoms with van der Waals surface area (Å²) in [7, 11) is 0. The third-order valence-electron chi connectivity index (χ3n) is 3.91. The number of carboxylic acid groups (broad SMARTS) is 1. The van der Waals surface area contributed by atoms with Gasteiger partial charge in [-0.05, 0) is 31.7 Å². The summed E-state index contributed by atoms with van der Waals surface area (Å²) in [5, 5.41) is 9.06. The maximum atomic E-state index is 11.0. The predicted molar refractivity (Wildman–Crippen MR) is 70.1 cm³/mol. The van der Waals surface area contributed by atoms with Gasteiger partial charge in [-0.1, -0.05) is 33.1 Å². The van der Waals surface area contributed by atoms with Crippen LogP contribution >= 0.6 is 0 Å². The predicted octanol–water partition coefficient (Wildman–Crippen LogP) is 3.00. The van der Waals surface area contributed by atoms with Gasteiger partial charge in [0.2, 0.25) is 0 Å². The highest BCUT2D eigenvalue weighted by atomic mass is 16.4. The van der Waals surface area contributed by atoms with E-state index in [9.17, 15) is 4.79 Å². The minimum atomic E-state index is -0.615. The minimum Gasteiger partial charge on any atom is -0.481 e. The van der Waals surface area contributed by atoms with Crippen LogP contribution in [0.3, 0.4) is 0 Å². The molecule has 2 atom stereocenters. The van der Waals surface area contributed by atoms with E-state index in [-0.39, 0.29) is 5.92 Å². The van der Waals surface area contributed by atoms with Crippen LogP contribution < -0.4 is 0 Å². The number of carbonyl (C=O) groups is 1. The quantitative estimate of drug-likeness (QED) is 0.745. The summed E-state index contributed by atoms with van der Waals surface area (Å²) in [5.41, 5.74) is 0. The third kappa shape index (κ3) is 5.07. The first-order valence-electron chi connectivity index (χ1n) is 7.12. The summed E-state index contributed by atoms with van der Waals surface area (Å²) in [6.07, 6.45) is 6.97. The molecule has 1 aliphatic rings. The van der Waals surface area contributed by atoms with Crippen LogP contribution in [0.2, 0.25) is 0 Å². The van der Waals surface area contributed by atoms with Gasteiger partial charge in [-0.25, -0.2) is 0 Å². The highest BCUT2D eigenvalue weighted by molar-refractivity contribution is 5.70. The summed E-state index contributed by atoms with van der Waals surface area (Å²) >= 11 is 0. The zero-order valence-corrected chi connectivity index (χ0v) is 11.3. The Morgan fingerprint density at radius 2 is 2.24 bits per heavy atom. The lowest BCUT2D eigenvalue weighted by atomic mass is 9.94. The maximum absolute atomic E-state index is 11.0. The Morgan fingerprint density at radius 1 is 1.47 bits per heavy atom. The van der Waals surface area contributed by atoms with E-state index < -0.39 is 5.97 Å². The fraction of sp³-hybridized carbons (Fsp3) is 0.929. The van der Waals surface area contributed by atoms with Crippen LogP contribution in [-0.4, -0.2) is 35.6 Å². The van der Waals surface area contributed by atoms with Crippen molar-refractivity contribution in [3.8, 4) is 0 Å². The molecule has 100 valence electrons. The highest BCUT2D eigenvalue weighted by Gasteiger charge is 2.26. The van der Waals surface area contributed by atoms with Gasteiger partial charge in [-0.15, -0.1) is 0 Å². The molecule has 0 aromatic heterocycles. The molecule has 1 heterocycles. The number of unbranched alkanes of at least 4 members (excludes halogenated alkanes) is 1. The number of rotatable bonds is 7. The molecule has 2 unspecified atom stereocenters. The number of aliphatic carboxylic acids is 1. The standard InChI is InChI=1S/C14H27NO2/c1-3-5-7-12(4-2)10-15-9-6-8-13(11-15)14(16)17/h12-13H,3-11H2,1-2H3,(H,16,17). The summed E-state index contributed by atoms with van der Waals surface area (Å²) in [6.45, 7) is 7.43. The second-order valence-electron chi connectivity index (χ2n) is 5.35. The smallest absolute Gasteiger partial charge is 0.307 e. The van der Waals surface area contributed by atoms with E-state index in [4.69, 9.17) is 5.11 Å². The molecule has 1 fully saturated rings. The number of piperidine rings is 1. The lowest BCUT2D eigenvalue weighted by Crippen LogP contribution is -2.41. The van der Waals surface area contributed by atoms with Crippen molar-refractivity contribution < 1.29 is 9.90 Å². The molecule has 0 radical (unpaired) electrons. The van der Waals surface area contributed by atoms with Crippen molar-refractivity contribution in [1.82, 2.24) is 4.90 Å². The lowest BCUT2D eigenvalue weighted by Gasteiger charge is -2.33. The van der Waals surface area contributed by atoms with Crippen molar-refractivity contribution in [3.05, 3.63) is 0 Å². The Balaban J connectivity index is 2.35. The molecule has 0 spiro atoms. The summed E-state index contributed by atoms with van der Waals surface area (Å²) in [4.78, 5) is 13.4. The number of nitrogens with zero attached hydrogens (tertiary/aromatic N) is 1. The minimum absolute atomic E-state index is 0.132. The molecule has 3 heteroatoms. The first-order valence-corrected chi connectivity index (χ1v) is 7.12. The second-order valence-corrected chi connectivity index (χ2v) is 5.35. The maximum Gasteiger partial charge on any atom is 0.307 e. The van der Waals surface area contributed by atoms with E-state index in [0.717, 1.165) is 38.4 Å². The molecule has 3 nitrogen and oxygen atoms in total. The van der Waals surface area contributed by atoms with Gasteiger partial charge in [0.15, 0.2) is 0 Å². The zero-order chi connectivity index (χ0) is 12.7. The van der Waals surface area contributed by atoms with Gasteiger partial charge < -0.3 is 10.0 Å². The van der Waals surface area contributed by atoms with E-state index in [1.54, 1.807) is 0 Å². The van der Waals surface area contributed by atoms with Crippen LogP contribution in [0.5, 0.6) is 0 Å². The topological polar surface area (TPSA) is 40.5 Å². The molecule has 1 saturated heterocycles. The summed E-state index contributed by atoms with van der Waals surface area (Å²) < 4.78 is 0. The van der Waals surface area contributed by atoms with Crippen molar-refractivity contribution in [2.45, 2.75) is 52.4 Å². The molecule has 0 aliphatic carbocycles. The monoisotopic (exact) mass is 241 g/mol. The van der Waals surface area contributed by atoms with Gasteiger partial charge in [-0.3, -0.25) is 4.79 Å². The largest absolute Gasteiger partial charge is 0.481 e. The van der Waals surface area contributed by atoms with Crippen LogP contribution in [0.4, 0.5) is 0 Å². The Labute approximate surface area is 105 Å². The molecular formula is C14H27NO2. The molecule has 0 saturated carbocycles. The second kappa shape index (κ2) is 7.70. The normalized spacial score (nSPS) is 23.5. The van der Waals surface area contributed by atoms with Crippen molar-refractivity contribution in [1.29, 1.82) is 0 Å². The fourth-order valence-electron chi connectivity index (χ4n) is 2.71. The van der Waals surface area contributed by atoms with Gasteiger partial charge >= 0.3 is 5.97 Å². The fourth-order valence-corrected chi connectivity index (χ4v) is 2.71. The van der Waals surface area contributed by atoms with Crippen LogP contribution in [0.1, 0.15) is 52.4 Å². The van der Waals surface area contributed by atoms with Crippen molar-refractivity contribution in [2.75, 3.05) is 19.6 Å². The van der Waals surface area contributed by atoms with Crippen molar-refractivity contribution in [2.24, 2.45) is 11.8 Å². The zero-order valence-electron chi connectivity index (χ0n) is 11.3. The molecule has 0 bridgehead atoms. The van der Waals surface area contributed by atoms with Crippen molar-refractivity contribution in [3.63, 3.8) is 0 Å². The van der Waals surface area contributed by atoms with E-state index in [0.29, 0.717) is 0 Å². The van der Waals surface area contributed by atoms with E-state index >= 15 is 0 Å². The number of hydrogen-bond donors (Lipinski definition) is 1. The molecule has 0 aromatic rings. The Hall–Kier alpha value is -0.570. The van der Waals surface area contributed by atoms with Crippen LogP contribution in [0, 0.1) is 11.8 Å². The van der Waals surface area contributed by atoms with Gasteiger partial charge in [-0.2, -0.15) is 0 Å². The van der Waals surface area contributed by atoms with Gasteiger partial charge in [0.05, 0.1) is 5.92 Å². The lowest BCUT2D eigenvalue weighted by molar-refractivity contribution is -0.143. The van der Waals surface area contributed by atoms with Crippen molar-refractivity contribution >= 4 is 5.97 Å². The Morgan fingerprint density at radius 3 is 2.82 bits per heavy atom. The molecule has 1 aliphatic heterocycles. The highest BCUT2D eigenvalue weighted by Crippen LogP contribution is 2.20. The van der Waals surface area contributed by atoms with Gasteiger partial charge in [0.1, 0.15) is 0 Å². The third-order valence-corrected chi connectivity index (χ3v) is 3.91. The Kier molecular flexibility index (Phi) is 6.56. The first-order chi connectivity index (χ1) is 8.17. The van der Waals surface area contributed by atoms with Crippen LogP contribution in [-0.2, 0) is 4.79 Å². The molecule has 1 N–H and O–H groups in total. The molecule has 0 aromatic carbocycles. The van der Waals surface area contributed by atoms with Gasteiger partial charge in [0, 0.05) is 13.1 Å². The number of hydrogen-bond acceptors (Lipinski definition) is 2. The molecule has 17 heavy (non-hydrogen) atoms. The van der Waals surface area contributed by atoms with E-state index in [1.807, 2.05) is 0 Å². The summed E-state index contributed by atoms with van der Waals surface area (Å²) in [5.74, 6) is 0.00577. The average molecular weight is 241 g/mol.